The molecule has 0 bridgehead atoms. The highest BCUT2D eigenvalue weighted by molar-refractivity contribution is 6.34. The second kappa shape index (κ2) is 6.49. The van der Waals surface area contributed by atoms with Gasteiger partial charge in [0.15, 0.2) is 0 Å². The summed E-state index contributed by atoms with van der Waals surface area (Å²) in [5.74, 6) is 0. The van der Waals surface area contributed by atoms with Crippen LogP contribution in [0.4, 0.5) is 5.69 Å². The zero-order chi connectivity index (χ0) is 13.8. The summed E-state index contributed by atoms with van der Waals surface area (Å²) in [6.45, 7) is 0.430. The molecule has 0 heterocycles. The summed E-state index contributed by atoms with van der Waals surface area (Å²) < 4.78 is 0. The summed E-state index contributed by atoms with van der Waals surface area (Å²) in [6, 6.07) is 12.8. The van der Waals surface area contributed by atoms with Gasteiger partial charge < -0.3 is 11.1 Å². The molecule has 0 amide bonds. The van der Waals surface area contributed by atoms with Gasteiger partial charge in [0.05, 0.1) is 6.04 Å². The first-order valence-corrected chi connectivity index (χ1v) is 6.90. The molecule has 0 spiro atoms. The lowest BCUT2D eigenvalue weighted by Gasteiger charge is -2.19. The van der Waals surface area contributed by atoms with Crippen molar-refractivity contribution < 1.29 is 0 Å². The molecule has 100 valence electrons. The van der Waals surface area contributed by atoms with E-state index in [0.717, 1.165) is 11.3 Å². The molecular formula is C14H13Cl3N2. The molecule has 19 heavy (non-hydrogen) atoms. The van der Waals surface area contributed by atoms with E-state index < -0.39 is 0 Å². The maximum atomic E-state index is 6.00. The van der Waals surface area contributed by atoms with Crippen molar-refractivity contribution in [3.63, 3.8) is 0 Å². The van der Waals surface area contributed by atoms with Gasteiger partial charge in [-0.15, -0.1) is 0 Å². The van der Waals surface area contributed by atoms with Crippen molar-refractivity contribution in [2.75, 3.05) is 11.9 Å². The number of nitrogens with one attached hydrogen (secondary N) is 1. The fraction of sp³-hybridized carbons (Fsp3) is 0.143. The Balaban J connectivity index is 2.22. The largest absolute Gasteiger partial charge is 0.377 e. The van der Waals surface area contributed by atoms with E-state index in [1.807, 2.05) is 36.4 Å². The average Bonchev–Trinajstić information content (AvgIpc) is 2.37. The summed E-state index contributed by atoms with van der Waals surface area (Å²) in [5, 5.41) is 5.21. The summed E-state index contributed by atoms with van der Waals surface area (Å²) >= 11 is 17.9. The summed E-state index contributed by atoms with van der Waals surface area (Å²) in [5.41, 5.74) is 7.70. The summed E-state index contributed by atoms with van der Waals surface area (Å²) in [6.07, 6.45) is 0. The molecule has 0 fully saturated rings. The highest BCUT2D eigenvalue weighted by Crippen LogP contribution is 2.26. The predicted molar refractivity (Wildman–Crippen MR) is 83.3 cm³/mol. The second-order valence-electron chi connectivity index (χ2n) is 4.14. The van der Waals surface area contributed by atoms with E-state index in [4.69, 9.17) is 40.5 Å². The molecule has 3 N–H and O–H groups in total. The maximum Gasteiger partial charge on any atom is 0.0637 e. The Labute approximate surface area is 127 Å². The van der Waals surface area contributed by atoms with Crippen LogP contribution in [0.1, 0.15) is 11.6 Å². The van der Waals surface area contributed by atoms with Crippen LogP contribution >= 0.6 is 34.8 Å². The first-order chi connectivity index (χ1) is 9.08. The molecule has 0 saturated carbocycles. The van der Waals surface area contributed by atoms with Crippen molar-refractivity contribution >= 4 is 40.5 Å². The lowest BCUT2D eigenvalue weighted by atomic mass is 10.1. The molecule has 1 unspecified atom stereocenters. The molecular weight excluding hydrogens is 303 g/mol. The zero-order valence-corrected chi connectivity index (χ0v) is 12.3. The van der Waals surface area contributed by atoms with Gasteiger partial charge in [0, 0.05) is 27.3 Å². The first kappa shape index (κ1) is 14.5. The third-order valence-corrected chi connectivity index (χ3v) is 3.40. The third-order valence-electron chi connectivity index (χ3n) is 2.71. The van der Waals surface area contributed by atoms with Crippen molar-refractivity contribution in [3.8, 4) is 0 Å². The minimum Gasteiger partial charge on any atom is -0.377 e. The average molecular weight is 316 g/mol. The molecule has 0 radical (unpaired) electrons. The minimum absolute atomic E-state index is 0.0580. The molecule has 5 heteroatoms. The van der Waals surface area contributed by atoms with Crippen molar-refractivity contribution in [3.05, 3.63) is 63.1 Å². The van der Waals surface area contributed by atoms with Crippen LogP contribution in [0.5, 0.6) is 0 Å². The molecule has 2 aromatic rings. The van der Waals surface area contributed by atoms with Gasteiger partial charge in [-0.2, -0.15) is 0 Å². The van der Waals surface area contributed by atoms with Crippen LogP contribution in [0.25, 0.3) is 0 Å². The number of benzene rings is 2. The van der Waals surface area contributed by atoms with Crippen LogP contribution in [0.3, 0.4) is 0 Å². The molecule has 2 aromatic carbocycles. The molecule has 0 saturated heterocycles. The SMILES string of the molecule is NCC(Nc1ccc(Cl)cc1)c1cc(Cl)cc(Cl)c1. The molecule has 1 atom stereocenters. The molecule has 0 aliphatic rings. The number of anilines is 1. The van der Waals surface area contributed by atoms with Gasteiger partial charge in [0.2, 0.25) is 0 Å². The number of rotatable bonds is 4. The van der Waals surface area contributed by atoms with E-state index in [1.165, 1.54) is 0 Å². The summed E-state index contributed by atoms with van der Waals surface area (Å²) in [4.78, 5) is 0. The standard InChI is InChI=1S/C14H13Cl3N2/c15-10-1-3-13(4-2-10)19-14(8-18)9-5-11(16)7-12(17)6-9/h1-7,14,19H,8,18H2. The van der Waals surface area contributed by atoms with Gasteiger partial charge in [-0.3, -0.25) is 0 Å². The van der Waals surface area contributed by atoms with Crippen molar-refractivity contribution in [2.24, 2.45) is 5.73 Å². The van der Waals surface area contributed by atoms with E-state index in [2.05, 4.69) is 5.32 Å². The van der Waals surface area contributed by atoms with Gasteiger partial charge in [-0.05, 0) is 48.0 Å². The van der Waals surface area contributed by atoms with E-state index in [9.17, 15) is 0 Å². The molecule has 0 aromatic heterocycles. The van der Waals surface area contributed by atoms with Gasteiger partial charge in [0.25, 0.3) is 0 Å². The Morgan fingerprint density at radius 2 is 1.47 bits per heavy atom. The molecule has 0 aliphatic heterocycles. The molecule has 2 nitrogen and oxygen atoms in total. The van der Waals surface area contributed by atoms with Crippen molar-refractivity contribution in [1.82, 2.24) is 0 Å². The number of hydrogen-bond donors (Lipinski definition) is 2. The van der Waals surface area contributed by atoms with Crippen LogP contribution in [0, 0.1) is 0 Å². The van der Waals surface area contributed by atoms with E-state index in [0.29, 0.717) is 21.6 Å². The van der Waals surface area contributed by atoms with Crippen LogP contribution in [-0.4, -0.2) is 6.54 Å². The zero-order valence-electron chi connectivity index (χ0n) is 10.0. The Morgan fingerprint density at radius 3 is 2.00 bits per heavy atom. The lowest BCUT2D eigenvalue weighted by Crippen LogP contribution is -2.20. The molecule has 0 aliphatic carbocycles. The minimum atomic E-state index is -0.0580. The van der Waals surface area contributed by atoms with Crippen molar-refractivity contribution in [2.45, 2.75) is 6.04 Å². The number of hydrogen-bond acceptors (Lipinski definition) is 2. The quantitative estimate of drug-likeness (QED) is 0.853. The Bertz CT molecular complexity index is 535. The second-order valence-corrected chi connectivity index (χ2v) is 5.45. The number of halogens is 3. The smallest absolute Gasteiger partial charge is 0.0637 e. The van der Waals surface area contributed by atoms with Gasteiger partial charge >= 0.3 is 0 Å². The highest BCUT2D eigenvalue weighted by Gasteiger charge is 2.11. The lowest BCUT2D eigenvalue weighted by molar-refractivity contribution is 0.790. The molecule has 2 rings (SSSR count). The van der Waals surface area contributed by atoms with Crippen LogP contribution < -0.4 is 11.1 Å². The van der Waals surface area contributed by atoms with E-state index >= 15 is 0 Å². The Morgan fingerprint density at radius 1 is 0.895 bits per heavy atom. The van der Waals surface area contributed by atoms with Gasteiger partial charge in [-0.25, -0.2) is 0 Å². The van der Waals surface area contributed by atoms with Crippen molar-refractivity contribution in [1.29, 1.82) is 0 Å². The highest BCUT2D eigenvalue weighted by atomic mass is 35.5. The van der Waals surface area contributed by atoms with Crippen LogP contribution in [-0.2, 0) is 0 Å². The number of nitrogens with two attached hydrogens (primary N) is 1. The van der Waals surface area contributed by atoms with Crippen LogP contribution in [0.15, 0.2) is 42.5 Å². The van der Waals surface area contributed by atoms with Gasteiger partial charge in [0.1, 0.15) is 0 Å². The fourth-order valence-electron chi connectivity index (χ4n) is 1.80. The Hall–Kier alpha value is -0.930. The maximum absolute atomic E-state index is 6.00. The monoisotopic (exact) mass is 314 g/mol. The van der Waals surface area contributed by atoms with E-state index in [-0.39, 0.29) is 6.04 Å². The first-order valence-electron chi connectivity index (χ1n) is 5.76. The predicted octanol–water partition coefficient (Wildman–Crippen LogP) is 4.76. The van der Waals surface area contributed by atoms with Crippen LogP contribution in [0.2, 0.25) is 15.1 Å². The summed E-state index contributed by atoms with van der Waals surface area (Å²) in [7, 11) is 0. The topological polar surface area (TPSA) is 38.0 Å². The Kier molecular flexibility index (Phi) is 4.94. The van der Waals surface area contributed by atoms with E-state index in [1.54, 1.807) is 6.07 Å². The normalized spacial score (nSPS) is 12.2. The van der Waals surface area contributed by atoms with Gasteiger partial charge in [-0.1, -0.05) is 34.8 Å². The third kappa shape index (κ3) is 4.02. The fourth-order valence-corrected chi connectivity index (χ4v) is 2.47.